The lowest BCUT2D eigenvalue weighted by Gasteiger charge is -2.22. The maximum atomic E-state index is 5.70. The van der Waals surface area contributed by atoms with Gasteiger partial charge in [-0.15, -0.1) is 0 Å². The van der Waals surface area contributed by atoms with Crippen molar-refractivity contribution in [3.05, 3.63) is 28.7 Å². The summed E-state index contributed by atoms with van der Waals surface area (Å²) in [7, 11) is 0. The number of hydrogen-bond acceptors (Lipinski definition) is 3. The van der Waals surface area contributed by atoms with E-state index in [1.165, 1.54) is 25.9 Å². The standard InChI is InChI=1S/C15H23BrN2O/c1-2-18-9-4-6-14(18)12-17-8-10-19-15-7-3-5-13(16)11-15/h3,5,7,11,14,17H,2,4,6,8-10,12H2,1H3. The molecular weight excluding hydrogens is 304 g/mol. The maximum Gasteiger partial charge on any atom is 0.120 e. The molecule has 19 heavy (non-hydrogen) atoms. The average molecular weight is 327 g/mol. The van der Waals surface area contributed by atoms with Gasteiger partial charge in [0.05, 0.1) is 0 Å². The van der Waals surface area contributed by atoms with E-state index < -0.39 is 0 Å². The molecule has 4 heteroatoms. The molecule has 0 radical (unpaired) electrons. The molecule has 106 valence electrons. The van der Waals surface area contributed by atoms with Gasteiger partial charge in [-0.25, -0.2) is 0 Å². The summed E-state index contributed by atoms with van der Waals surface area (Å²) in [5.41, 5.74) is 0. The van der Waals surface area contributed by atoms with Crippen LogP contribution in [-0.4, -0.2) is 43.7 Å². The van der Waals surface area contributed by atoms with Gasteiger partial charge in [0.15, 0.2) is 0 Å². The summed E-state index contributed by atoms with van der Waals surface area (Å²) in [6.07, 6.45) is 2.67. The highest BCUT2D eigenvalue weighted by molar-refractivity contribution is 9.10. The van der Waals surface area contributed by atoms with E-state index in [-0.39, 0.29) is 0 Å². The highest BCUT2D eigenvalue weighted by Gasteiger charge is 2.21. The molecule has 1 heterocycles. The number of likely N-dealkylation sites (tertiary alicyclic amines) is 1. The van der Waals surface area contributed by atoms with Crippen molar-refractivity contribution >= 4 is 15.9 Å². The maximum absolute atomic E-state index is 5.70. The van der Waals surface area contributed by atoms with Gasteiger partial charge < -0.3 is 10.1 Å². The van der Waals surface area contributed by atoms with Crippen molar-refractivity contribution in [2.75, 3.05) is 32.8 Å². The lowest BCUT2D eigenvalue weighted by atomic mass is 10.2. The number of ether oxygens (including phenoxy) is 1. The van der Waals surface area contributed by atoms with Crippen LogP contribution in [0.25, 0.3) is 0 Å². The third kappa shape index (κ3) is 4.79. The Hall–Kier alpha value is -0.580. The minimum Gasteiger partial charge on any atom is -0.492 e. The first-order chi connectivity index (χ1) is 9.29. The number of nitrogens with zero attached hydrogens (tertiary/aromatic N) is 1. The zero-order chi connectivity index (χ0) is 13.5. The van der Waals surface area contributed by atoms with Gasteiger partial charge in [-0.2, -0.15) is 0 Å². The summed E-state index contributed by atoms with van der Waals surface area (Å²) in [5, 5.41) is 3.50. The van der Waals surface area contributed by atoms with E-state index in [0.29, 0.717) is 0 Å². The minimum atomic E-state index is 0.718. The Balaban J connectivity index is 1.59. The molecule has 1 N–H and O–H groups in total. The van der Waals surface area contributed by atoms with E-state index >= 15 is 0 Å². The molecule has 0 aliphatic carbocycles. The monoisotopic (exact) mass is 326 g/mol. The zero-order valence-corrected chi connectivity index (χ0v) is 13.2. The second kappa shape index (κ2) is 7.88. The van der Waals surface area contributed by atoms with Crippen LogP contribution in [-0.2, 0) is 0 Å². The molecule has 0 aromatic heterocycles. The van der Waals surface area contributed by atoms with Crippen LogP contribution in [0.1, 0.15) is 19.8 Å². The minimum absolute atomic E-state index is 0.718. The van der Waals surface area contributed by atoms with Gasteiger partial charge in [0, 0.05) is 23.6 Å². The van der Waals surface area contributed by atoms with Crippen LogP contribution in [0.2, 0.25) is 0 Å². The summed E-state index contributed by atoms with van der Waals surface area (Å²) >= 11 is 3.44. The van der Waals surface area contributed by atoms with Crippen LogP contribution < -0.4 is 10.1 Å². The topological polar surface area (TPSA) is 24.5 Å². The fourth-order valence-electron chi connectivity index (χ4n) is 2.61. The van der Waals surface area contributed by atoms with Crippen LogP contribution in [0.5, 0.6) is 5.75 Å². The summed E-state index contributed by atoms with van der Waals surface area (Å²) in [5.74, 6) is 0.923. The second-order valence-electron chi connectivity index (χ2n) is 4.93. The Morgan fingerprint density at radius 2 is 2.37 bits per heavy atom. The summed E-state index contributed by atoms with van der Waals surface area (Å²) in [6, 6.07) is 8.70. The molecule has 1 saturated heterocycles. The van der Waals surface area contributed by atoms with Gasteiger partial charge in [0.25, 0.3) is 0 Å². The predicted octanol–water partition coefficient (Wildman–Crippen LogP) is 2.90. The molecule has 0 amide bonds. The molecule has 1 aromatic carbocycles. The molecule has 1 unspecified atom stereocenters. The Labute approximate surface area is 124 Å². The number of rotatable bonds is 7. The smallest absolute Gasteiger partial charge is 0.120 e. The highest BCUT2D eigenvalue weighted by atomic mass is 79.9. The molecule has 2 rings (SSSR count). The highest BCUT2D eigenvalue weighted by Crippen LogP contribution is 2.17. The molecule has 0 saturated carbocycles. The van der Waals surface area contributed by atoms with E-state index in [0.717, 1.165) is 36.0 Å². The molecule has 1 fully saturated rings. The largest absolute Gasteiger partial charge is 0.492 e. The van der Waals surface area contributed by atoms with Crippen molar-refractivity contribution < 1.29 is 4.74 Å². The quantitative estimate of drug-likeness (QED) is 0.780. The number of nitrogens with one attached hydrogen (secondary N) is 1. The van der Waals surface area contributed by atoms with Gasteiger partial charge in [-0.1, -0.05) is 28.9 Å². The third-order valence-electron chi connectivity index (χ3n) is 3.63. The first-order valence-corrected chi connectivity index (χ1v) is 7.92. The van der Waals surface area contributed by atoms with Gasteiger partial charge in [-0.05, 0) is 44.1 Å². The van der Waals surface area contributed by atoms with Crippen LogP contribution >= 0.6 is 15.9 Å². The second-order valence-corrected chi connectivity index (χ2v) is 5.85. The van der Waals surface area contributed by atoms with Crippen LogP contribution in [0.4, 0.5) is 0 Å². The summed E-state index contributed by atoms with van der Waals surface area (Å²) in [6.45, 7) is 7.37. The van der Waals surface area contributed by atoms with E-state index in [9.17, 15) is 0 Å². The van der Waals surface area contributed by atoms with Crippen LogP contribution in [0, 0.1) is 0 Å². The Kier molecular flexibility index (Phi) is 6.14. The van der Waals surface area contributed by atoms with Crippen molar-refractivity contribution in [2.24, 2.45) is 0 Å². The Morgan fingerprint density at radius 1 is 1.47 bits per heavy atom. The first kappa shape index (κ1) is 14.8. The third-order valence-corrected chi connectivity index (χ3v) is 4.12. The van der Waals surface area contributed by atoms with Crippen molar-refractivity contribution in [3.63, 3.8) is 0 Å². The van der Waals surface area contributed by atoms with Gasteiger partial charge in [0.1, 0.15) is 12.4 Å². The molecular formula is C15H23BrN2O. The predicted molar refractivity (Wildman–Crippen MR) is 82.8 cm³/mol. The molecule has 1 atom stereocenters. The summed E-state index contributed by atoms with van der Waals surface area (Å²) < 4.78 is 6.76. The molecule has 1 aromatic rings. The number of hydrogen-bond donors (Lipinski definition) is 1. The lowest BCUT2D eigenvalue weighted by Crippen LogP contribution is -2.38. The van der Waals surface area contributed by atoms with Gasteiger partial charge in [0.2, 0.25) is 0 Å². The fraction of sp³-hybridized carbons (Fsp3) is 0.600. The molecule has 0 spiro atoms. The summed E-state index contributed by atoms with van der Waals surface area (Å²) in [4.78, 5) is 2.56. The molecule has 1 aliphatic rings. The zero-order valence-electron chi connectivity index (χ0n) is 11.6. The number of likely N-dealkylation sites (N-methyl/N-ethyl adjacent to an activating group) is 1. The van der Waals surface area contributed by atoms with E-state index in [1.807, 2.05) is 24.3 Å². The SMILES string of the molecule is CCN1CCCC1CNCCOc1cccc(Br)c1. The van der Waals surface area contributed by atoms with Crippen LogP contribution in [0.3, 0.4) is 0 Å². The Morgan fingerprint density at radius 3 is 3.16 bits per heavy atom. The first-order valence-electron chi connectivity index (χ1n) is 7.12. The number of benzene rings is 1. The van der Waals surface area contributed by atoms with Crippen molar-refractivity contribution in [1.29, 1.82) is 0 Å². The molecule has 3 nitrogen and oxygen atoms in total. The van der Waals surface area contributed by atoms with Gasteiger partial charge >= 0.3 is 0 Å². The lowest BCUT2D eigenvalue weighted by molar-refractivity contribution is 0.251. The average Bonchev–Trinajstić information content (AvgIpc) is 2.86. The van der Waals surface area contributed by atoms with E-state index in [4.69, 9.17) is 4.74 Å². The van der Waals surface area contributed by atoms with Crippen molar-refractivity contribution in [1.82, 2.24) is 10.2 Å². The van der Waals surface area contributed by atoms with E-state index in [1.54, 1.807) is 0 Å². The normalized spacial score (nSPS) is 19.8. The molecule has 1 aliphatic heterocycles. The molecule has 0 bridgehead atoms. The van der Waals surface area contributed by atoms with Crippen LogP contribution in [0.15, 0.2) is 28.7 Å². The Bertz CT molecular complexity index is 386. The van der Waals surface area contributed by atoms with E-state index in [2.05, 4.69) is 33.1 Å². The van der Waals surface area contributed by atoms with Crippen molar-refractivity contribution in [3.8, 4) is 5.75 Å². The van der Waals surface area contributed by atoms with Crippen molar-refractivity contribution in [2.45, 2.75) is 25.8 Å². The van der Waals surface area contributed by atoms with Gasteiger partial charge in [-0.3, -0.25) is 4.90 Å². The fourth-order valence-corrected chi connectivity index (χ4v) is 2.99. The number of halogens is 1.